The van der Waals surface area contributed by atoms with Gasteiger partial charge in [0.1, 0.15) is 40.5 Å². The van der Waals surface area contributed by atoms with Gasteiger partial charge in [-0.15, -0.1) is 21.5 Å². The van der Waals surface area contributed by atoms with Crippen LogP contribution in [0.25, 0.3) is 0 Å². The summed E-state index contributed by atoms with van der Waals surface area (Å²) in [7, 11) is 1.54. The molecule has 2 saturated heterocycles. The van der Waals surface area contributed by atoms with Crippen molar-refractivity contribution in [3.63, 3.8) is 0 Å². The van der Waals surface area contributed by atoms with Gasteiger partial charge in [-0.3, -0.25) is 16.3 Å². The Balaban J connectivity index is 0.00000561. The van der Waals surface area contributed by atoms with Gasteiger partial charge in [0.2, 0.25) is 0 Å². The molecule has 5 aliphatic rings. The van der Waals surface area contributed by atoms with E-state index in [9.17, 15) is 15.0 Å². The summed E-state index contributed by atoms with van der Waals surface area (Å²) in [5, 5.41) is 21.2. The van der Waals surface area contributed by atoms with Gasteiger partial charge >= 0.3 is 19.8 Å². The summed E-state index contributed by atoms with van der Waals surface area (Å²) in [4.78, 5) is 36.2. The Hall–Kier alpha value is -4.52. The minimum absolute atomic E-state index is 0. The number of hydrogen-bond acceptors (Lipinski definition) is 10. The first kappa shape index (κ1) is 44.5. The Morgan fingerprint density at radius 3 is 2.52 bits per heavy atom. The Labute approximate surface area is 371 Å². The molecule has 13 nitrogen and oxygen atoms in total. The number of halogens is 1. The van der Waals surface area contributed by atoms with Crippen molar-refractivity contribution < 1.29 is 43.3 Å². The number of carbonyl (C=O) groups excluding carboxylic acids is 1. The van der Waals surface area contributed by atoms with E-state index in [1.165, 1.54) is 7.11 Å². The normalized spacial score (nSPS) is 29.3. The Kier molecular flexibility index (Phi) is 13.8. The van der Waals surface area contributed by atoms with Crippen LogP contribution in [-0.2, 0) is 19.8 Å². The second-order valence-electron chi connectivity index (χ2n) is 17.6. The van der Waals surface area contributed by atoms with E-state index in [4.69, 9.17) is 14.5 Å². The molecule has 1 amide bonds. The second kappa shape index (κ2) is 18.8. The van der Waals surface area contributed by atoms with Crippen LogP contribution in [0.4, 0.5) is 10.2 Å². The van der Waals surface area contributed by atoms with Gasteiger partial charge in [0.05, 0.1) is 23.7 Å². The minimum Gasteiger partial charge on any atom is -0.495 e. The first-order chi connectivity index (χ1) is 29.0. The Bertz CT molecular complexity index is 2130. The SMILES string of the molecule is C[CH-]C(C)C1[CH-]N2C(C)N[N+](=O)C2[C@H](C)N=C1c1ccc(C2CCC3(CC2)CCN(c2ccc(C(=O)NC4CCC(Oc5ccc(C#N)c(OC)c5)CC4)nn2)C3)c(F)c1.[Os+2]. The predicted molar refractivity (Wildman–Crippen MR) is 226 cm³/mol. The van der Waals surface area contributed by atoms with Crippen molar-refractivity contribution in [3.8, 4) is 17.6 Å². The molecular weight excluding hydrogens is 952 g/mol. The average Bonchev–Trinajstić information content (AvgIpc) is 3.75. The number of anilines is 1. The van der Waals surface area contributed by atoms with E-state index in [1.54, 1.807) is 30.3 Å². The van der Waals surface area contributed by atoms with Crippen LogP contribution < -0.4 is 25.1 Å². The molecule has 1 spiro atoms. The number of nitrogens with one attached hydrogen (secondary N) is 2. The molecule has 4 fully saturated rings. The number of nitroso groups, excluding NO2 is 1. The molecule has 5 atom stereocenters. The maximum absolute atomic E-state index is 16.1. The van der Waals surface area contributed by atoms with Crippen molar-refractivity contribution in [2.24, 2.45) is 22.2 Å². The summed E-state index contributed by atoms with van der Waals surface area (Å²) in [6.45, 7) is 12.0. The molecule has 3 aliphatic heterocycles. The third-order valence-corrected chi connectivity index (χ3v) is 13.9. The van der Waals surface area contributed by atoms with Crippen LogP contribution in [0, 0.1) is 52.3 Å². The van der Waals surface area contributed by atoms with Gasteiger partial charge in [-0.2, -0.15) is 18.1 Å². The molecule has 15 heteroatoms. The number of rotatable bonds is 10. The zero-order valence-corrected chi connectivity index (χ0v) is 38.2. The topological polar surface area (TPSA) is 148 Å². The van der Waals surface area contributed by atoms with Crippen LogP contribution in [0.1, 0.15) is 119 Å². The number of aliphatic imine (C=N–C) groups is 1. The number of hydrogen-bond donors (Lipinski definition) is 2. The minimum atomic E-state index is -0.454. The molecule has 324 valence electrons. The van der Waals surface area contributed by atoms with E-state index in [0.29, 0.717) is 22.8 Å². The number of aromatic nitrogens is 2. The fraction of sp³-hybridized carbons (Fsp3) is 0.543. The van der Waals surface area contributed by atoms with Gasteiger partial charge in [0, 0.05) is 30.9 Å². The predicted octanol–water partition coefficient (Wildman–Crippen LogP) is 7.27. The summed E-state index contributed by atoms with van der Waals surface area (Å²) in [6, 6.07) is 16.4. The number of ether oxygens (including phenoxy) is 2. The molecule has 61 heavy (non-hydrogen) atoms. The summed E-state index contributed by atoms with van der Waals surface area (Å²) < 4.78 is 27.6. The van der Waals surface area contributed by atoms with Gasteiger partial charge in [-0.05, 0) is 124 Å². The molecule has 2 N–H and O–H groups in total. The van der Waals surface area contributed by atoms with Crippen molar-refractivity contribution in [1.29, 1.82) is 5.26 Å². The fourth-order valence-electron chi connectivity index (χ4n) is 10.2. The number of benzene rings is 2. The summed E-state index contributed by atoms with van der Waals surface area (Å²) in [5.74, 6) is 1.73. The number of nitriles is 1. The molecule has 2 saturated carbocycles. The molecule has 2 aromatic carbocycles. The monoisotopic (exact) mass is 1010 g/mol. The van der Waals surface area contributed by atoms with Gasteiger partial charge in [-0.1, -0.05) is 19.1 Å². The molecule has 1 aromatic heterocycles. The van der Waals surface area contributed by atoms with Crippen molar-refractivity contribution in [1.82, 2.24) is 25.8 Å². The largest absolute Gasteiger partial charge is 2.00 e. The van der Waals surface area contributed by atoms with Crippen LogP contribution in [0.2, 0.25) is 0 Å². The molecule has 0 bridgehead atoms. The number of amides is 1. The standard InChI is InChI=1S/C46H57FN9O4.Os/c1-6-28(2)38-26-55-30(4)53-56(58)45(55)29(3)49-43(38)32-8-14-37(39(47)23-32)31-17-19-46(20-18-31)21-22-54(27-46)42-16-15-40(51-52-42)44(57)50-34-9-12-35(13-10-34)60-36-11-7-33(25-48)41(24-36)59-5;/h6-8,11,14-16,23-24,26,28-31,34-35,38,45H,9-10,12-13,17-22,27H2,1-5H3,(H,50,57)(H,53,58);/q-1;+2/t28?,29-,30?,31?,34?,35?,38?,45?,46?;/m0./s1. The second-order valence-corrected chi connectivity index (χ2v) is 17.6. The third kappa shape index (κ3) is 9.32. The summed E-state index contributed by atoms with van der Waals surface area (Å²) in [6.07, 6.45) is 9.64. The van der Waals surface area contributed by atoms with E-state index in [0.717, 1.165) is 98.4 Å². The quantitative estimate of drug-likeness (QED) is 0.157. The van der Waals surface area contributed by atoms with Crippen LogP contribution in [0.15, 0.2) is 53.5 Å². The van der Waals surface area contributed by atoms with Gasteiger partial charge in [-0.25, -0.2) is 4.39 Å². The smallest absolute Gasteiger partial charge is 0.495 e. The third-order valence-electron chi connectivity index (χ3n) is 13.9. The maximum Gasteiger partial charge on any atom is 2.00 e. The van der Waals surface area contributed by atoms with Crippen molar-refractivity contribution in [2.45, 2.75) is 122 Å². The molecule has 0 radical (unpaired) electrons. The number of nitrogens with zero attached hydrogens (tertiary/aromatic N) is 7. The van der Waals surface area contributed by atoms with E-state index < -0.39 is 6.17 Å². The molecule has 3 aromatic rings. The van der Waals surface area contributed by atoms with Crippen molar-refractivity contribution in [2.75, 3.05) is 25.1 Å². The first-order valence-electron chi connectivity index (χ1n) is 21.6. The van der Waals surface area contributed by atoms with Crippen LogP contribution >= 0.6 is 0 Å². The molecular formula is C46H57FN9O4Os+. The fourth-order valence-corrected chi connectivity index (χ4v) is 10.2. The van der Waals surface area contributed by atoms with Gasteiger partial charge in [0.25, 0.3) is 12.1 Å². The summed E-state index contributed by atoms with van der Waals surface area (Å²) in [5.41, 5.74) is 6.25. The molecule has 4 heterocycles. The van der Waals surface area contributed by atoms with Crippen molar-refractivity contribution >= 4 is 17.4 Å². The average molecular weight is 1010 g/mol. The van der Waals surface area contributed by atoms with E-state index in [2.05, 4.69) is 56.7 Å². The zero-order valence-electron chi connectivity index (χ0n) is 35.7. The van der Waals surface area contributed by atoms with Crippen LogP contribution in [-0.4, -0.2) is 82.3 Å². The number of methoxy groups -OCH3 is 1. The van der Waals surface area contributed by atoms with Gasteiger partial charge < -0.3 is 31.0 Å². The van der Waals surface area contributed by atoms with Crippen LogP contribution in [0.3, 0.4) is 0 Å². The summed E-state index contributed by atoms with van der Waals surface area (Å²) >= 11 is 0. The Morgan fingerprint density at radius 1 is 1.08 bits per heavy atom. The van der Waals surface area contributed by atoms with E-state index in [1.807, 2.05) is 39.0 Å². The van der Waals surface area contributed by atoms with E-state index >= 15 is 4.39 Å². The molecule has 4 unspecified atom stereocenters. The Morgan fingerprint density at radius 2 is 1.85 bits per heavy atom. The maximum atomic E-state index is 16.1. The number of carbonyl (C=O) groups is 1. The van der Waals surface area contributed by atoms with Crippen molar-refractivity contribution in [3.05, 3.63) is 94.6 Å². The molecule has 2 aliphatic carbocycles. The van der Waals surface area contributed by atoms with Gasteiger partial charge in [0.15, 0.2) is 11.5 Å². The zero-order chi connectivity index (χ0) is 42.1. The molecule has 8 rings (SSSR count). The number of fused-ring (bicyclic) bond motifs is 1. The van der Waals surface area contributed by atoms with Crippen LogP contribution in [0.5, 0.6) is 11.5 Å². The van der Waals surface area contributed by atoms with E-state index in [-0.39, 0.29) is 79.0 Å². The number of hydrazine groups is 1. The first-order valence-corrected chi connectivity index (χ1v) is 21.6.